The summed E-state index contributed by atoms with van der Waals surface area (Å²) in [5.41, 5.74) is 7.96. The zero-order valence-electron chi connectivity index (χ0n) is 19.6. The van der Waals surface area contributed by atoms with Gasteiger partial charge in [-0.2, -0.15) is 15.8 Å². The van der Waals surface area contributed by atoms with Gasteiger partial charge in [0, 0.05) is 34.3 Å². The van der Waals surface area contributed by atoms with Crippen molar-refractivity contribution in [2.75, 3.05) is 0 Å². The number of pyridine rings is 1. The van der Waals surface area contributed by atoms with Crippen LogP contribution in [0.15, 0.2) is 103 Å². The van der Waals surface area contributed by atoms with Gasteiger partial charge >= 0.3 is 0 Å². The van der Waals surface area contributed by atoms with E-state index in [9.17, 15) is 15.8 Å². The van der Waals surface area contributed by atoms with Crippen LogP contribution in [0.1, 0.15) is 16.7 Å². The Morgan fingerprint density at radius 1 is 0.568 bits per heavy atom. The summed E-state index contributed by atoms with van der Waals surface area (Å²) in [6, 6.07) is 35.8. The summed E-state index contributed by atoms with van der Waals surface area (Å²) in [6.45, 7) is 0. The Morgan fingerprint density at radius 2 is 1.16 bits per heavy atom. The van der Waals surface area contributed by atoms with Crippen molar-refractivity contribution >= 4 is 21.8 Å². The van der Waals surface area contributed by atoms with Crippen LogP contribution in [0.2, 0.25) is 0 Å². The van der Waals surface area contributed by atoms with Crippen LogP contribution in [0.3, 0.4) is 0 Å². The first-order chi connectivity index (χ1) is 18.2. The maximum atomic E-state index is 10.2. The van der Waals surface area contributed by atoms with Crippen LogP contribution in [-0.4, -0.2) is 9.55 Å². The standard InChI is InChI=1S/C32H17N5/c33-18-21-6-8-30-28(14-21)29-15-22(19-34)7-9-31(29)37(30)32-16-25(20-35)26(24-10-12-36-13-11-24)17-27(32)23-4-2-1-3-5-23/h1-17H. The summed E-state index contributed by atoms with van der Waals surface area (Å²) in [5.74, 6) is 0. The monoisotopic (exact) mass is 471 g/mol. The molecule has 0 radical (unpaired) electrons. The number of nitrogens with zero attached hydrogens (tertiary/aromatic N) is 5. The molecule has 0 atom stereocenters. The van der Waals surface area contributed by atoms with E-state index in [1.807, 2.05) is 60.7 Å². The van der Waals surface area contributed by atoms with Crippen molar-refractivity contribution in [2.24, 2.45) is 0 Å². The molecule has 0 unspecified atom stereocenters. The highest BCUT2D eigenvalue weighted by Gasteiger charge is 2.19. The molecule has 5 nitrogen and oxygen atoms in total. The minimum atomic E-state index is 0.540. The minimum Gasteiger partial charge on any atom is -0.309 e. The zero-order chi connectivity index (χ0) is 25.4. The quantitative estimate of drug-likeness (QED) is 0.275. The van der Waals surface area contributed by atoms with Crippen LogP contribution in [0.4, 0.5) is 0 Å². The Morgan fingerprint density at radius 3 is 1.73 bits per heavy atom. The van der Waals surface area contributed by atoms with Crippen LogP contribution in [0, 0.1) is 34.0 Å². The average Bonchev–Trinajstić information content (AvgIpc) is 3.30. The van der Waals surface area contributed by atoms with Crippen molar-refractivity contribution in [1.82, 2.24) is 9.55 Å². The Bertz CT molecular complexity index is 1880. The van der Waals surface area contributed by atoms with Crippen molar-refractivity contribution in [3.8, 4) is 46.1 Å². The largest absolute Gasteiger partial charge is 0.309 e. The molecule has 2 heterocycles. The first-order valence-corrected chi connectivity index (χ1v) is 11.6. The third-order valence-corrected chi connectivity index (χ3v) is 6.60. The summed E-state index contributed by atoms with van der Waals surface area (Å²) >= 11 is 0. The topological polar surface area (TPSA) is 89.2 Å². The lowest BCUT2D eigenvalue weighted by atomic mass is 9.93. The van der Waals surface area contributed by atoms with E-state index in [1.54, 1.807) is 24.5 Å². The highest BCUT2D eigenvalue weighted by molar-refractivity contribution is 6.10. The molecule has 0 aliphatic rings. The van der Waals surface area contributed by atoms with Gasteiger partial charge in [0.1, 0.15) is 0 Å². The van der Waals surface area contributed by atoms with Gasteiger partial charge in [0.05, 0.1) is 51.6 Å². The maximum Gasteiger partial charge on any atom is 0.0998 e. The van der Waals surface area contributed by atoms with Crippen molar-refractivity contribution in [1.29, 1.82) is 15.8 Å². The van der Waals surface area contributed by atoms with Gasteiger partial charge in [0.25, 0.3) is 0 Å². The van der Waals surface area contributed by atoms with Crippen molar-refractivity contribution in [2.45, 2.75) is 0 Å². The molecule has 0 fully saturated rings. The van der Waals surface area contributed by atoms with Crippen LogP contribution in [-0.2, 0) is 0 Å². The molecule has 37 heavy (non-hydrogen) atoms. The summed E-state index contributed by atoms with van der Waals surface area (Å²) in [7, 11) is 0. The SMILES string of the molecule is N#Cc1ccc2c(c1)c1cc(C#N)ccc1n2-c1cc(C#N)c(-c2ccncc2)cc1-c1ccccc1. The number of hydrogen-bond acceptors (Lipinski definition) is 4. The molecule has 0 aliphatic heterocycles. The Balaban J connectivity index is 1.77. The van der Waals surface area contributed by atoms with E-state index in [-0.39, 0.29) is 0 Å². The van der Waals surface area contributed by atoms with Crippen molar-refractivity contribution < 1.29 is 0 Å². The number of benzene rings is 4. The van der Waals surface area contributed by atoms with Gasteiger partial charge in [-0.1, -0.05) is 30.3 Å². The number of rotatable bonds is 3. The molecule has 170 valence electrons. The Hall–Kier alpha value is -5.70. The van der Waals surface area contributed by atoms with Gasteiger partial charge in [0.15, 0.2) is 0 Å². The fourth-order valence-corrected chi connectivity index (χ4v) is 4.91. The normalized spacial score (nSPS) is 10.6. The summed E-state index contributed by atoms with van der Waals surface area (Å²) < 4.78 is 2.12. The smallest absolute Gasteiger partial charge is 0.0998 e. The maximum absolute atomic E-state index is 10.2. The van der Waals surface area contributed by atoms with Crippen LogP contribution < -0.4 is 0 Å². The summed E-state index contributed by atoms with van der Waals surface area (Å²) in [4.78, 5) is 4.13. The molecule has 0 bridgehead atoms. The lowest BCUT2D eigenvalue weighted by molar-refractivity contribution is 1.18. The predicted octanol–water partition coefficient (Wildman–Crippen LogP) is 7.13. The molecule has 4 aromatic carbocycles. The highest BCUT2D eigenvalue weighted by atomic mass is 15.0. The van der Waals surface area contributed by atoms with Gasteiger partial charge in [0.2, 0.25) is 0 Å². The van der Waals surface area contributed by atoms with Gasteiger partial charge in [-0.3, -0.25) is 4.98 Å². The van der Waals surface area contributed by atoms with Gasteiger partial charge in [-0.25, -0.2) is 0 Å². The summed E-state index contributed by atoms with van der Waals surface area (Å²) in [5, 5.41) is 31.0. The minimum absolute atomic E-state index is 0.540. The molecule has 2 aromatic heterocycles. The lowest BCUT2D eigenvalue weighted by Gasteiger charge is -2.17. The second-order valence-corrected chi connectivity index (χ2v) is 8.65. The molecule has 0 spiro atoms. The molecule has 0 N–H and O–H groups in total. The van der Waals surface area contributed by atoms with E-state index in [2.05, 4.69) is 46.0 Å². The van der Waals surface area contributed by atoms with Crippen molar-refractivity contribution in [3.63, 3.8) is 0 Å². The van der Waals surface area contributed by atoms with E-state index in [4.69, 9.17) is 0 Å². The van der Waals surface area contributed by atoms with E-state index in [1.165, 1.54) is 0 Å². The Labute approximate surface area is 213 Å². The molecule has 0 saturated carbocycles. The highest BCUT2D eigenvalue weighted by Crippen LogP contribution is 2.40. The fraction of sp³-hybridized carbons (Fsp3) is 0. The predicted molar refractivity (Wildman–Crippen MR) is 144 cm³/mol. The number of nitriles is 3. The number of hydrogen-bond donors (Lipinski definition) is 0. The van der Waals surface area contributed by atoms with E-state index >= 15 is 0 Å². The average molecular weight is 472 g/mol. The second kappa shape index (κ2) is 8.82. The van der Waals surface area contributed by atoms with Gasteiger partial charge in [-0.15, -0.1) is 0 Å². The fourth-order valence-electron chi connectivity index (χ4n) is 4.91. The third kappa shape index (κ3) is 3.58. The molecule has 0 aliphatic carbocycles. The summed E-state index contributed by atoms with van der Waals surface area (Å²) in [6.07, 6.45) is 3.44. The zero-order valence-corrected chi connectivity index (χ0v) is 19.6. The van der Waals surface area contributed by atoms with Crippen LogP contribution in [0.5, 0.6) is 0 Å². The van der Waals surface area contributed by atoms with Crippen LogP contribution >= 0.6 is 0 Å². The number of fused-ring (bicyclic) bond motifs is 3. The van der Waals surface area contributed by atoms with Crippen LogP contribution in [0.25, 0.3) is 49.7 Å². The first kappa shape index (κ1) is 21.8. The molecule has 6 aromatic rings. The van der Waals surface area contributed by atoms with Gasteiger partial charge in [-0.05, 0) is 71.8 Å². The van der Waals surface area contributed by atoms with Gasteiger partial charge < -0.3 is 4.57 Å². The van der Waals surface area contributed by atoms with E-state index in [0.717, 1.165) is 49.7 Å². The third-order valence-electron chi connectivity index (χ3n) is 6.60. The van der Waals surface area contributed by atoms with Crippen molar-refractivity contribution in [3.05, 3.63) is 120 Å². The number of aromatic nitrogens is 2. The molecule has 0 saturated heterocycles. The first-order valence-electron chi connectivity index (χ1n) is 11.6. The molecule has 6 rings (SSSR count). The van der Waals surface area contributed by atoms with E-state index in [0.29, 0.717) is 16.7 Å². The molecular weight excluding hydrogens is 454 g/mol. The lowest BCUT2D eigenvalue weighted by Crippen LogP contribution is -2.00. The second-order valence-electron chi connectivity index (χ2n) is 8.65. The molecular formula is C32H17N5. The molecule has 0 amide bonds. The molecule has 5 heteroatoms. The Kier molecular flexibility index (Phi) is 5.20. The van der Waals surface area contributed by atoms with E-state index < -0.39 is 0 Å².